The number of aromatic amines is 1. The van der Waals surface area contributed by atoms with Gasteiger partial charge in [0, 0.05) is 17.1 Å². The molecule has 1 aliphatic rings. The molecule has 3 aromatic rings. The molecule has 0 amide bonds. The van der Waals surface area contributed by atoms with Gasteiger partial charge in [-0.3, -0.25) is 5.10 Å². The van der Waals surface area contributed by atoms with Crippen LogP contribution in [0.1, 0.15) is 0 Å². The lowest BCUT2D eigenvalue weighted by Gasteiger charge is -2.27. The number of para-hydroxylation sites is 1. The van der Waals surface area contributed by atoms with E-state index in [9.17, 15) is 0 Å². The summed E-state index contributed by atoms with van der Waals surface area (Å²) >= 11 is 0. The Hall–Kier alpha value is -2.40. The Morgan fingerprint density at radius 3 is 2.95 bits per heavy atom. The van der Waals surface area contributed by atoms with Gasteiger partial charge in [-0.25, -0.2) is 4.98 Å². The first-order valence-corrected chi connectivity index (χ1v) is 6.64. The van der Waals surface area contributed by atoms with Crippen molar-refractivity contribution in [3.63, 3.8) is 0 Å². The molecule has 5 nitrogen and oxygen atoms in total. The van der Waals surface area contributed by atoms with Crippen LogP contribution < -0.4 is 5.32 Å². The van der Waals surface area contributed by atoms with Crippen LogP contribution in [0.4, 0.5) is 5.82 Å². The summed E-state index contributed by atoms with van der Waals surface area (Å²) in [4.78, 5) is 4.35. The molecule has 0 unspecified atom stereocenters. The quantitative estimate of drug-likeness (QED) is 0.764. The maximum atomic E-state index is 5.16. The van der Waals surface area contributed by atoms with Crippen LogP contribution in [-0.4, -0.2) is 34.4 Å². The highest BCUT2D eigenvalue weighted by Crippen LogP contribution is 2.27. The summed E-state index contributed by atoms with van der Waals surface area (Å²) < 4.78 is 5.16. The van der Waals surface area contributed by atoms with Gasteiger partial charge in [-0.2, -0.15) is 5.10 Å². The fourth-order valence-corrected chi connectivity index (χ4v) is 2.37. The maximum absolute atomic E-state index is 5.16. The summed E-state index contributed by atoms with van der Waals surface area (Å²) in [6.07, 6.45) is 1.81. The Kier molecular flexibility index (Phi) is 2.63. The molecule has 0 radical (unpaired) electrons. The van der Waals surface area contributed by atoms with Gasteiger partial charge >= 0.3 is 0 Å². The largest absolute Gasteiger partial charge is 0.377 e. The molecule has 0 spiro atoms. The predicted molar refractivity (Wildman–Crippen MR) is 77.6 cm³/mol. The standard InChI is InChI=1S/C15H14N4O/c1-2-4-13-12(3-1)15(19-18-13)10-5-6-16-14(7-10)17-11-8-20-9-11/h1-7,11H,8-9H2,(H,16,17)(H,18,19). The number of ether oxygens (including phenoxy) is 1. The van der Waals surface area contributed by atoms with Crippen LogP contribution in [0.3, 0.4) is 0 Å². The number of nitrogens with one attached hydrogen (secondary N) is 2. The van der Waals surface area contributed by atoms with Crippen LogP contribution in [0.5, 0.6) is 0 Å². The minimum atomic E-state index is 0.369. The molecule has 20 heavy (non-hydrogen) atoms. The molecular formula is C15H14N4O. The molecule has 1 fully saturated rings. The van der Waals surface area contributed by atoms with E-state index in [-0.39, 0.29) is 0 Å². The first-order valence-electron chi connectivity index (χ1n) is 6.64. The zero-order valence-electron chi connectivity index (χ0n) is 10.8. The average molecular weight is 266 g/mol. The fraction of sp³-hybridized carbons (Fsp3) is 0.200. The first-order chi connectivity index (χ1) is 9.90. The van der Waals surface area contributed by atoms with Gasteiger partial charge in [0.15, 0.2) is 0 Å². The third-order valence-corrected chi connectivity index (χ3v) is 3.49. The molecule has 3 heterocycles. The third-order valence-electron chi connectivity index (χ3n) is 3.49. The molecule has 5 heteroatoms. The van der Waals surface area contributed by atoms with Gasteiger partial charge in [-0.15, -0.1) is 0 Å². The molecule has 1 saturated heterocycles. The van der Waals surface area contributed by atoms with Crippen LogP contribution in [0.25, 0.3) is 22.2 Å². The second kappa shape index (κ2) is 4.61. The van der Waals surface area contributed by atoms with Gasteiger partial charge in [0.05, 0.1) is 24.8 Å². The van der Waals surface area contributed by atoms with Crippen LogP contribution >= 0.6 is 0 Å². The van der Waals surface area contributed by atoms with Gasteiger partial charge in [-0.05, 0) is 18.2 Å². The van der Waals surface area contributed by atoms with Gasteiger partial charge in [0.2, 0.25) is 0 Å². The third kappa shape index (κ3) is 1.92. The van der Waals surface area contributed by atoms with Gasteiger partial charge in [0.25, 0.3) is 0 Å². The Morgan fingerprint density at radius 1 is 1.20 bits per heavy atom. The van der Waals surface area contributed by atoms with Crippen molar-refractivity contribution in [3.05, 3.63) is 42.6 Å². The van der Waals surface area contributed by atoms with Gasteiger partial charge in [0.1, 0.15) is 11.5 Å². The Bertz CT molecular complexity index is 748. The molecule has 2 N–H and O–H groups in total. The lowest BCUT2D eigenvalue weighted by Crippen LogP contribution is -2.40. The highest BCUT2D eigenvalue weighted by Gasteiger charge is 2.18. The van der Waals surface area contributed by atoms with Crippen molar-refractivity contribution in [2.45, 2.75) is 6.04 Å². The van der Waals surface area contributed by atoms with Crippen molar-refractivity contribution < 1.29 is 4.74 Å². The molecular weight excluding hydrogens is 252 g/mol. The van der Waals surface area contributed by atoms with Crippen LogP contribution in [0.15, 0.2) is 42.6 Å². The number of rotatable bonds is 3. The first kappa shape index (κ1) is 11.4. The lowest BCUT2D eigenvalue weighted by molar-refractivity contribution is 0.0209. The topological polar surface area (TPSA) is 62.8 Å². The van der Waals surface area contributed by atoms with Crippen molar-refractivity contribution in [3.8, 4) is 11.3 Å². The predicted octanol–water partition coefficient (Wildman–Crippen LogP) is 2.44. The zero-order valence-corrected chi connectivity index (χ0v) is 10.8. The Morgan fingerprint density at radius 2 is 2.10 bits per heavy atom. The Labute approximate surface area is 116 Å². The van der Waals surface area contributed by atoms with Crippen molar-refractivity contribution in [1.29, 1.82) is 0 Å². The fourth-order valence-electron chi connectivity index (χ4n) is 2.37. The van der Waals surface area contributed by atoms with E-state index in [1.165, 1.54) is 0 Å². The maximum Gasteiger partial charge on any atom is 0.126 e. The van der Waals surface area contributed by atoms with E-state index in [2.05, 4.69) is 26.6 Å². The molecule has 100 valence electrons. The number of H-pyrrole nitrogens is 1. The van der Waals surface area contributed by atoms with E-state index in [1.807, 2.05) is 30.3 Å². The van der Waals surface area contributed by atoms with Crippen LogP contribution in [-0.2, 0) is 4.74 Å². The van der Waals surface area contributed by atoms with E-state index in [0.717, 1.165) is 41.2 Å². The molecule has 1 aliphatic heterocycles. The monoisotopic (exact) mass is 266 g/mol. The number of fused-ring (bicyclic) bond motifs is 1. The normalized spacial score (nSPS) is 15.2. The highest BCUT2D eigenvalue weighted by atomic mass is 16.5. The summed E-state index contributed by atoms with van der Waals surface area (Å²) in [6.45, 7) is 1.49. The summed E-state index contributed by atoms with van der Waals surface area (Å²) in [5, 5.41) is 11.9. The SMILES string of the molecule is c1ccc2c(-c3ccnc(NC4COC4)c3)n[nH]c2c1. The molecule has 2 aromatic heterocycles. The van der Waals surface area contributed by atoms with E-state index < -0.39 is 0 Å². The number of benzene rings is 1. The minimum absolute atomic E-state index is 0.369. The van der Waals surface area contributed by atoms with Crippen molar-refractivity contribution in [2.24, 2.45) is 0 Å². The van der Waals surface area contributed by atoms with Gasteiger partial charge < -0.3 is 10.1 Å². The zero-order chi connectivity index (χ0) is 13.4. The van der Waals surface area contributed by atoms with E-state index in [4.69, 9.17) is 4.74 Å². The number of pyridine rings is 1. The summed E-state index contributed by atoms with van der Waals surface area (Å²) in [7, 11) is 0. The molecule has 0 atom stereocenters. The number of hydrogen-bond donors (Lipinski definition) is 2. The summed E-state index contributed by atoms with van der Waals surface area (Å²) in [6, 6.07) is 12.5. The van der Waals surface area contributed by atoms with Gasteiger partial charge in [-0.1, -0.05) is 18.2 Å². The van der Waals surface area contributed by atoms with Crippen molar-refractivity contribution in [1.82, 2.24) is 15.2 Å². The van der Waals surface area contributed by atoms with Crippen LogP contribution in [0, 0.1) is 0 Å². The van der Waals surface area contributed by atoms with E-state index in [0.29, 0.717) is 6.04 Å². The minimum Gasteiger partial charge on any atom is -0.377 e. The second-order valence-electron chi connectivity index (χ2n) is 4.93. The molecule has 4 rings (SSSR count). The van der Waals surface area contributed by atoms with Crippen molar-refractivity contribution >= 4 is 16.7 Å². The van der Waals surface area contributed by atoms with E-state index >= 15 is 0 Å². The summed E-state index contributed by atoms with van der Waals surface area (Å²) in [5.41, 5.74) is 3.05. The molecule has 0 bridgehead atoms. The number of anilines is 1. The van der Waals surface area contributed by atoms with Crippen molar-refractivity contribution in [2.75, 3.05) is 18.5 Å². The molecule has 1 aromatic carbocycles. The van der Waals surface area contributed by atoms with E-state index in [1.54, 1.807) is 6.20 Å². The smallest absolute Gasteiger partial charge is 0.126 e. The average Bonchev–Trinajstić information content (AvgIpc) is 2.87. The number of nitrogens with zero attached hydrogens (tertiary/aromatic N) is 2. The Balaban J connectivity index is 1.72. The number of aromatic nitrogens is 3. The lowest BCUT2D eigenvalue weighted by atomic mass is 10.1. The number of hydrogen-bond acceptors (Lipinski definition) is 4. The molecule has 0 aliphatic carbocycles. The van der Waals surface area contributed by atoms with Crippen LogP contribution in [0.2, 0.25) is 0 Å². The summed E-state index contributed by atoms with van der Waals surface area (Å²) in [5.74, 6) is 0.864. The second-order valence-corrected chi connectivity index (χ2v) is 4.93. The highest BCUT2D eigenvalue weighted by molar-refractivity contribution is 5.93. The molecule has 0 saturated carbocycles.